The number of rotatable bonds is 7. The van der Waals surface area contributed by atoms with Gasteiger partial charge in [-0.3, -0.25) is 14.2 Å². The number of thioether (sulfide) groups is 1. The standard InChI is InChI=1S/C25H22ClFN4O2S/c1-30(2)17-9-7-16(8-10-17)14-28-23(32)15-34-25-29-22-6-4-3-5-19(22)24(33)31(25)18-11-12-21(27)20(26)13-18/h3-13H,14-15H2,1-2H3,(H,28,32). The van der Waals surface area contributed by atoms with Gasteiger partial charge in [0.15, 0.2) is 5.16 Å². The lowest BCUT2D eigenvalue weighted by atomic mass is 10.2. The fraction of sp³-hybridized carbons (Fsp3) is 0.160. The lowest BCUT2D eigenvalue weighted by molar-refractivity contribution is -0.118. The Balaban J connectivity index is 1.55. The van der Waals surface area contributed by atoms with E-state index in [1.165, 1.54) is 22.8 Å². The molecule has 0 aliphatic carbocycles. The molecule has 1 aromatic heterocycles. The fourth-order valence-corrected chi connectivity index (χ4v) is 4.37. The molecule has 0 aliphatic heterocycles. The van der Waals surface area contributed by atoms with E-state index in [-0.39, 0.29) is 22.2 Å². The molecule has 6 nitrogen and oxygen atoms in total. The number of carbonyl (C=O) groups is 1. The fourth-order valence-electron chi connectivity index (χ4n) is 3.35. The van der Waals surface area contributed by atoms with Crippen molar-refractivity contribution >= 4 is 45.9 Å². The van der Waals surface area contributed by atoms with Crippen LogP contribution in [-0.4, -0.2) is 35.3 Å². The Hall–Kier alpha value is -3.36. The molecule has 0 saturated carbocycles. The number of carbonyl (C=O) groups excluding carboxylic acids is 1. The van der Waals surface area contributed by atoms with Crippen LogP contribution in [0.3, 0.4) is 0 Å². The molecule has 4 aromatic rings. The molecule has 0 saturated heterocycles. The van der Waals surface area contributed by atoms with Gasteiger partial charge in [0.25, 0.3) is 5.56 Å². The molecule has 1 amide bonds. The SMILES string of the molecule is CN(C)c1ccc(CNC(=O)CSc2nc3ccccc3c(=O)n2-c2ccc(F)c(Cl)c2)cc1. The topological polar surface area (TPSA) is 67.2 Å². The number of hydrogen-bond acceptors (Lipinski definition) is 5. The third-order valence-corrected chi connectivity index (χ3v) is 6.41. The Bertz CT molecular complexity index is 1410. The van der Waals surface area contributed by atoms with E-state index >= 15 is 0 Å². The highest BCUT2D eigenvalue weighted by molar-refractivity contribution is 7.99. The van der Waals surface area contributed by atoms with Crippen molar-refractivity contribution in [2.75, 3.05) is 24.7 Å². The predicted octanol–water partition coefficient (Wildman–Crippen LogP) is 4.65. The van der Waals surface area contributed by atoms with Crippen molar-refractivity contribution in [2.24, 2.45) is 0 Å². The molecule has 0 spiro atoms. The first-order valence-corrected chi connectivity index (χ1v) is 11.8. The number of anilines is 1. The van der Waals surface area contributed by atoms with Gasteiger partial charge in [0, 0.05) is 26.3 Å². The molecule has 9 heteroatoms. The molecule has 3 aromatic carbocycles. The zero-order chi connectivity index (χ0) is 24.2. The minimum Gasteiger partial charge on any atom is -0.378 e. The van der Waals surface area contributed by atoms with Crippen molar-refractivity contribution in [3.8, 4) is 5.69 Å². The van der Waals surface area contributed by atoms with Crippen LogP contribution in [0.5, 0.6) is 0 Å². The van der Waals surface area contributed by atoms with Crippen molar-refractivity contribution in [3.05, 3.63) is 93.5 Å². The molecule has 1 heterocycles. The summed E-state index contributed by atoms with van der Waals surface area (Å²) in [5.41, 5.74) is 2.62. The van der Waals surface area contributed by atoms with Crippen LogP contribution in [0.4, 0.5) is 10.1 Å². The van der Waals surface area contributed by atoms with E-state index in [0.717, 1.165) is 23.0 Å². The van der Waals surface area contributed by atoms with Crippen LogP contribution in [0.1, 0.15) is 5.56 Å². The zero-order valence-corrected chi connectivity index (χ0v) is 20.2. The molecule has 0 radical (unpaired) electrons. The third kappa shape index (κ3) is 5.24. The van der Waals surface area contributed by atoms with Crippen LogP contribution in [0.2, 0.25) is 5.02 Å². The summed E-state index contributed by atoms with van der Waals surface area (Å²) < 4.78 is 15.1. The van der Waals surface area contributed by atoms with E-state index in [1.54, 1.807) is 24.3 Å². The van der Waals surface area contributed by atoms with Gasteiger partial charge < -0.3 is 10.2 Å². The molecular formula is C25H22ClFN4O2S. The van der Waals surface area contributed by atoms with Crippen LogP contribution in [-0.2, 0) is 11.3 Å². The van der Waals surface area contributed by atoms with Gasteiger partial charge in [-0.2, -0.15) is 0 Å². The molecular weight excluding hydrogens is 475 g/mol. The van der Waals surface area contributed by atoms with Crippen molar-refractivity contribution in [3.63, 3.8) is 0 Å². The zero-order valence-electron chi connectivity index (χ0n) is 18.6. The Kier molecular flexibility index (Phi) is 7.19. The van der Waals surface area contributed by atoms with Gasteiger partial charge in [-0.05, 0) is 48.0 Å². The average molecular weight is 497 g/mol. The van der Waals surface area contributed by atoms with E-state index in [2.05, 4.69) is 10.3 Å². The van der Waals surface area contributed by atoms with Crippen LogP contribution in [0.25, 0.3) is 16.6 Å². The summed E-state index contributed by atoms with van der Waals surface area (Å²) in [4.78, 5) is 32.4. The second-order valence-corrected chi connectivity index (χ2v) is 9.13. The number of para-hydroxylation sites is 1. The van der Waals surface area contributed by atoms with Gasteiger partial charge in [-0.15, -0.1) is 0 Å². The van der Waals surface area contributed by atoms with E-state index in [9.17, 15) is 14.0 Å². The van der Waals surface area contributed by atoms with E-state index in [4.69, 9.17) is 11.6 Å². The largest absolute Gasteiger partial charge is 0.378 e. The van der Waals surface area contributed by atoms with Gasteiger partial charge in [0.1, 0.15) is 5.82 Å². The summed E-state index contributed by atoms with van der Waals surface area (Å²) in [6.07, 6.45) is 0. The number of nitrogens with zero attached hydrogens (tertiary/aromatic N) is 3. The Labute approximate surface area is 205 Å². The number of benzene rings is 3. The second kappa shape index (κ2) is 10.3. The average Bonchev–Trinajstić information content (AvgIpc) is 2.83. The van der Waals surface area contributed by atoms with E-state index in [0.29, 0.717) is 28.3 Å². The maximum Gasteiger partial charge on any atom is 0.266 e. The number of aromatic nitrogens is 2. The smallest absolute Gasteiger partial charge is 0.266 e. The van der Waals surface area contributed by atoms with Crippen molar-refractivity contribution in [1.82, 2.24) is 14.9 Å². The summed E-state index contributed by atoms with van der Waals surface area (Å²) in [5, 5.41) is 3.51. The first-order valence-electron chi connectivity index (χ1n) is 10.5. The minimum atomic E-state index is -0.584. The highest BCUT2D eigenvalue weighted by Gasteiger charge is 2.16. The molecule has 174 valence electrons. The van der Waals surface area contributed by atoms with Gasteiger partial charge >= 0.3 is 0 Å². The number of halogens is 2. The van der Waals surface area contributed by atoms with Gasteiger partial charge in [-0.1, -0.05) is 47.6 Å². The highest BCUT2D eigenvalue weighted by Crippen LogP contribution is 2.24. The number of nitrogens with one attached hydrogen (secondary N) is 1. The maximum atomic E-state index is 13.7. The Morgan fingerprint density at radius 3 is 2.56 bits per heavy atom. The predicted molar refractivity (Wildman–Crippen MR) is 136 cm³/mol. The Morgan fingerprint density at radius 2 is 1.85 bits per heavy atom. The van der Waals surface area contributed by atoms with Crippen molar-refractivity contribution in [1.29, 1.82) is 0 Å². The molecule has 0 atom stereocenters. The quantitative estimate of drug-likeness (QED) is 0.298. The summed E-state index contributed by atoms with van der Waals surface area (Å²) in [6, 6.07) is 18.9. The van der Waals surface area contributed by atoms with Crippen molar-refractivity contribution in [2.45, 2.75) is 11.7 Å². The molecule has 0 unspecified atom stereocenters. The van der Waals surface area contributed by atoms with Crippen LogP contribution < -0.4 is 15.8 Å². The lowest BCUT2D eigenvalue weighted by Crippen LogP contribution is -2.26. The summed E-state index contributed by atoms with van der Waals surface area (Å²) >= 11 is 7.08. The monoisotopic (exact) mass is 496 g/mol. The van der Waals surface area contributed by atoms with Crippen LogP contribution in [0.15, 0.2) is 76.7 Å². The van der Waals surface area contributed by atoms with Crippen LogP contribution >= 0.6 is 23.4 Å². The maximum absolute atomic E-state index is 13.7. The third-order valence-electron chi connectivity index (χ3n) is 5.18. The van der Waals surface area contributed by atoms with Gasteiger partial charge in [-0.25, -0.2) is 9.37 Å². The van der Waals surface area contributed by atoms with Crippen molar-refractivity contribution < 1.29 is 9.18 Å². The summed E-state index contributed by atoms with van der Waals surface area (Å²) in [7, 11) is 3.93. The number of hydrogen-bond donors (Lipinski definition) is 1. The molecule has 4 rings (SSSR count). The molecule has 0 aliphatic rings. The highest BCUT2D eigenvalue weighted by atomic mass is 35.5. The molecule has 34 heavy (non-hydrogen) atoms. The van der Waals surface area contributed by atoms with Gasteiger partial charge in [0.05, 0.1) is 27.4 Å². The van der Waals surface area contributed by atoms with E-state index in [1.807, 2.05) is 43.3 Å². The number of amides is 1. The van der Waals surface area contributed by atoms with Crippen LogP contribution in [0, 0.1) is 5.82 Å². The Morgan fingerprint density at radius 1 is 1.12 bits per heavy atom. The van der Waals surface area contributed by atoms with E-state index < -0.39 is 5.82 Å². The van der Waals surface area contributed by atoms with Gasteiger partial charge in [0.2, 0.25) is 5.91 Å². The number of fused-ring (bicyclic) bond motifs is 1. The molecule has 1 N–H and O–H groups in total. The summed E-state index contributed by atoms with van der Waals surface area (Å²) in [5.74, 6) is -0.734. The second-order valence-electron chi connectivity index (χ2n) is 7.78. The lowest BCUT2D eigenvalue weighted by Gasteiger charge is -2.14. The molecule has 0 fully saturated rings. The molecule has 0 bridgehead atoms. The normalized spacial score (nSPS) is 10.9. The first-order chi connectivity index (χ1) is 16.3. The first kappa shape index (κ1) is 23.8. The summed E-state index contributed by atoms with van der Waals surface area (Å²) in [6.45, 7) is 0.388. The minimum absolute atomic E-state index is 0.0511.